The third-order valence-corrected chi connectivity index (χ3v) is 8.10. The Balaban J connectivity index is 1.34. The molecule has 2 aromatic rings. The molecule has 1 saturated heterocycles. The van der Waals surface area contributed by atoms with E-state index in [9.17, 15) is 19.5 Å². The standard InChI is InChI=1S/C24H25N7O5S2/c1-12-7-13(2)9-30(8-12)10-14-11-37-22-17(21(33)31(22)18(14)23(34)35)26-20(32)16(19-27-24(25)38-29-19)28-36-15-5-3-4-6-15/h3,5,7-9,15,17,22H,4,6,10-11H2,1-2H3,(H3-,25,26,27,29,32,34,35)/p+1/t15?,17?,22-/m0/s1. The molecule has 1 fully saturated rings. The average molecular weight is 557 g/mol. The number of nitrogens with zero attached hydrogens (tertiary/aromatic N) is 5. The number of β-lactam (4-membered cyclic amide) rings is 1. The molecule has 12 nitrogen and oxygen atoms in total. The van der Waals surface area contributed by atoms with E-state index in [1.165, 1.54) is 16.7 Å². The molecule has 38 heavy (non-hydrogen) atoms. The van der Waals surface area contributed by atoms with Crippen LogP contribution in [-0.4, -0.2) is 66.1 Å². The molecule has 2 amide bonds. The second-order valence-electron chi connectivity index (χ2n) is 9.23. The van der Waals surface area contributed by atoms with Crippen LogP contribution in [0, 0.1) is 13.8 Å². The molecule has 3 atom stereocenters. The van der Waals surface area contributed by atoms with E-state index in [1.807, 2.05) is 49.0 Å². The smallest absolute Gasteiger partial charge is 0.352 e. The quantitative estimate of drug-likeness (QED) is 0.141. The predicted octanol–water partition coefficient (Wildman–Crippen LogP) is 0.903. The van der Waals surface area contributed by atoms with E-state index in [1.54, 1.807) is 0 Å². The molecule has 2 aliphatic heterocycles. The van der Waals surface area contributed by atoms with E-state index in [2.05, 4.69) is 19.8 Å². The van der Waals surface area contributed by atoms with Crippen LogP contribution in [0.25, 0.3) is 0 Å². The number of carbonyl (C=O) groups excluding carboxylic acids is 2. The summed E-state index contributed by atoms with van der Waals surface area (Å²) in [7, 11) is 0. The number of nitrogens with one attached hydrogen (secondary N) is 1. The van der Waals surface area contributed by atoms with Crippen LogP contribution >= 0.6 is 23.3 Å². The van der Waals surface area contributed by atoms with Gasteiger partial charge in [0.25, 0.3) is 11.8 Å². The lowest BCUT2D eigenvalue weighted by Crippen LogP contribution is -2.71. The zero-order valence-corrected chi connectivity index (χ0v) is 22.3. The van der Waals surface area contributed by atoms with E-state index in [-0.39, 0.29) is 28.5 Å². The number of carbonyl (C=O) groups is 3. The molecule has 4 heterocycles. The van der Waals surface area contributed by atoms with Crippen molar-refractivity contribution in [2.24, 2.45) is 5.16 Å². The van der Waals surface area contributed by atoms with Crippen molar-refractivity contribution < 1.29 is 28.9 Å². The van der Waals surface area contributed by atoms with Gasteiger partial charge in [-0.2, -0.15) is 9.36 Å². The van der Waals surface area contributed by atoms with Crippen molar-refractivity contribution in [1.82, 2.24) is 19.6 Å². The summed E-state index contributed by atoms with van der Waals surface area (Å²) in [5.41, 5.74) is 8.16. The number of thioether (sulfide) groups is 1. The monoisotopic (exact) mass is 556 g/mol. The molecule has 0 spiro atoms. The summed E-state index contributed by atoms with van der Waals surface area (Å²) >= 11 is 2.30. The summed E-state index contributed by atoms with van der Waals surface area (Å²) in [5.74, 6) is -2.02. The number of carboxylic acid groups (broad SMARTS) is 1. The van der Waals surface area contributed by atoms with Crippen LogP contribution in [0.3, 0.4) is 0 Å². The van der Waals surface area contributed by atoms with Gasteiger partial charge in [0.2, 0.25) is 11.5 Å². The van der Waals surface area contributed by atoms with Crippen molar-refractivity contribution in [2.45, 2.75) is 50.8 Å². The van der Waals surface area contributed by atoms with Crippen molar-refractivity contribution >= 4 is 51.9 Å². The summed E-state index contributed by atoms with van der Waals surface area (Å²) in [6, 6.07) is 1.09. The molecule has 0 radical (unpaired) electrons. The minimum atomic E-state index is -1.18. The van der Waals surface area contributed by atoms with Gasteiger partial charge in [-0.1, -0.05) is 11.2 Å². The fraction of sp³-hybridized carbons (Fsp3) is 0.375. The number of rotatable bonds is 8. The van der Waals surface area contributed by atoms with Gasteiger partial charge < -0.3 is 21.0 Å². The fourth-order valence-electron chi connectivity index (χ4n) is 4.65. The molecular weight excluding hydrogens is 530 g/mol. The van der Waals surface area contributed by atoms with E-state index in [0.29, 0.717) is 17.9 Å². The van der Waals surface area contributed by atoms with Crippen LogP contribution in [-0.2, 0) is 25.8 Å². The van der Waals surface area contributed by atoms with Crippen LogP contribution < -0.4 is 15.6 Å². The highest BCUT2D eigenvalue weighted by molar-refractivity contribution is 8.00. The minimum Gasteiger partial charge on any atom is -0.477 e. The van der Waals surface area contributed by atoms with Gasteiger partial charge in [-0.05, 0) is 38.8 Å². The zero-order chi connectivity index (χ0) is 27.0. The van der Waals surface area contributed by atoms with Crippen LogP contribution in [0.15, 0.2) is 47.0 Å². The van der Waals surface area contributed by atoms with Crippen LogP contribution in [0.1, 0.15) is 29.8 Å². The van der Waals surface area contributed by atoms with E-state index in [0.717, 1.165) is 35.5 Å². The summed E-state index contributed by atoms with van der Waals surface area (Å²) in [6.45, 7) is 4.28. The number of carboxylic acids is 1. The van der Waals surface area contributed by atoms with Gasteiger partial charge in [0, 0.05) is 34.0 Å². The van der Waals surface area contributed by atoms with E-state index in [4.69, 9.17) is 10.6 Å². The number of nitrogens with two attached hydrogens (primary N) is 1. The first-order valence-electron chi connectivity index (χ1n) is 11.9. The van der Waals surface area contributed by atoms with Crippen molar-refractivity contribution in [3.63, 3.8) is 0 Å². The largest absolute Gasteiger partial charge is 0.477 e. The molecule has 14 heteroatoms. The molecule has 0 bridgehead atoms. The molecule has 0 aromatic carbocycles. The van der Waals surface area contributed by atoms with Crippen LogP contribution in [0.2, 0.25) is 0 Å². The van der Waals surface area contributed by atoms with Crippen molar-refractivity contribution in [3.8, 4) is 0 Å². The summed E-state index contributed by atoms with van der Waals surface area (Å²) in [5, 5.41) is 16.2. The number of nitrogen functional groups attached to an aromatic ring is 1. The molecule has 4 N–H and O–H groups in total. The van der Waals surface area contributed by atoms with Gasteiger partial charge in [0.15, 0.2) is 24.1 Å². The number of anilines is 1. The average Bonchev–Trinajstić information content (AvgIpc) is 3.53. The fourth-order valence-corrected chi connectivity index (χ4v) is 6.42. The second kappa shape index (κ2) is 10.5. The molecule has 2 aromatic heterocycles. The first-order valence-corrected chi connectivity index (χ1v) is 13.7. The highest BCUT2D eigenvalue weighted by Crippen LogP contribution is 2.40. The third-order valence-electron chi connectivity index (χ3n) is 6.22. The minimum absolute atomic E-state index is 0.00854. The van der Waals surface area contributed by atoms with Gasteiger partial charge in [-0.15, -0.1) is 11.8 Å². The summed E-state index contributed by atoms with van der Waals surface area (Å²) < 4.78 is 5.98. The number of pyridine rings is 1. The first kappa shape index (κ1) is 25.9. The SMILES string of the molecule is Cc1cc(C)c[n+](CC2=C(C(=O)O)N3C(=O)C(NC(=O)C(=NOC4C=CCC4)c4nsc(N)n4)[C@@H]3SC2)c1. The maximum Gasteiger partial charge on any atom is 0.352 e. The molecule has 0 saturated carbocycles. The molecular formula is C24H26N7O5S2+. The number of oxime groups is 1. The highest BCUT2D eigenvalue weighted by Gasteiger charge is 2.55. The normalized spacial score (nSPS) is 22.8. The van der Waals surface area contributed by atoms with Gasteiger partial charge in [-0.3, -0.25) is 14.5 Å². The third kappa shape index (κ3) is 5.13. The Morgan fingerprint density at radius 3 is 2.74 bits per heavy atom. The summed E-state index contributed by atoms with van der Waals surface area (Å²) in [6.07, 6.45) is 8.97. The number of aryl methyl sites for hydroxylation is 2. The Bertz CT molecular complexity index is 1380. The highest BCUT2D eigenvalue weighted by atomic mass is 32.2. The Morgan fingerprint density at radius 2 is 2.11 bits per heavy atom. The summed E-state index contributed by atoms with van der Waals surface area (Å²) in [4.78, 5) is 49.3. The Labute approximate surface area is 226 Å². The Morgan fingerprint density at radius 1 is 1.34 bits per heavy atom. The van der Waals surface area contributed by atoms with E-state index >= 15 is 0 Å². The van der Waals surface area contributed by atoms with Crippen LogP contribution in [0.5, 0.6) is 0 Å². The van der Waals surface area contributed by atoms with Gasteiger partial charge in [0.05, 0.1) is 0 Å². The lowest BCUT2D eigenvalue weighted by atomic mass is 10.0. The number of fused-ring (bicyclic) bond motifs is 1. The second-order valence-corrected chi connectivity index (χ2v) is 11.1. The number of hydrogen-bond acceptors (Lipinski definition) is 10. The lowest BCUT2D eigenvalue weighted by molar-refractivity contribution is -0.689. The Kier molecular flexibility index (Phi) is 7.17. The predicted molar refractivity (Wildman–Crippen MR) is 140 cm³/mol. The maximum absolute atomic E-state index is 13.2. The molecule has 5 rings (SSSR count). The topological polar surface area (TPSA) is 164 Å². The number of allylic oxidation sites excluding steroid dienone is 1. The van der Waals surface area contributed by atoms with Crippen LogP contribution in [0.4, 0.5) is 5.13 Å². The number of hydrogen-bond donors (Lipinski definition) is 3. The zero-order valence-electron chi connectivity index (χ0n) is 20.7. The van der Waals surface area contributed by atoms with Crippen molar-refractivity contribution in [1.29, 1.82) is 0 Å². The Hall–Kier alpha value is -3.78. The number of amides is 2. The van der Waals surface area contributed by atoms with E-state index < -0.39 is 29.2 Å². The van der Waals surface area contributed by atoms with Gasteiger partial charge in [-0.25, -0.2) is 9.36 Å². The maximum atomic E-state index is 13.2. The molecule has 2 unspecified atom stereocenters. The molecule has 198 valence electrons. The van der Waals surface area contributed by atoms with Crippen molar-refractivity contribution in [3.05, 3.63) is 58.8 Å². The molecule has 1 aliphatic carbocycles. The lowest BCUT2D eigenvalue weighted by Gasteiger charge is -2.49. The van der Waals surface area contributed by atoms with Crippen molar-refractivity contribution in [2.75, 3.05) is 11.5 Å². The first-order chi connectivity index (χ1) is 18.2. The molecule has 3 aliphatic rings. The van der Waals surface area contributed by atoms with Gasteiger partial charge in [0.1, 0.15) is 23.2 Å². The number of aromatic nitrogens is 3. The number of aliphatic carboxylic acids is 1. The van der Waals surface area contributed by atoms with Gasteiger partial charge >= 0.3 is 5.97 Å².